The summed E-state index contributed by atoms with van der Waals surface area (Å²) >= 11 is 0. The van der Waals surface area contributed by atoms with Crippen molar-refractivity contribution in [2.45, 2.75) is 37.8 Å². The second-order valence-corrected chi connectivity index (χ2v) is 5.43. The number of ether oxygens (including phenoxy) is 2. The quantitative estimate of drug-likeness (QED) is 0.876. The molecule has 0 aromatic heterocycles. The minimum absolute atomic E-state index is 0.0115. The Morgan fingerprint density at radius 3 is 2.38 bits per heavy atom. The maximum atomic E-state index is 13.4. The summed E-state index contributed by atoms with van der Waals surface area (Å²) in [6.07, 6.45) is 2.08. The normalized spacial score (nSPS) is 19.4. The molecule has 0 spiro atoms. The van der Waals surface area contributed by atoms with Gasteiger partial charge in [0, 0.05) is 44.8 Å². The molecule has 118 valence electrons. The number of halogens is 2. The highest BCUT2D eigenvalue weighted by Gasteiger charge is 2.40. The van der Waals surface area contributed by atoms with Gasteiger partial charge in [-0.3, -0.25) is 0 Å². The number of hydrogen-bond donors (Lipinski definition) is 1. The van der Waals surface area contributed by atoms with Crippen LogP contribution in [0.25, 0.3) is 0 Å². The summed E-state index contributed by atoms with van der Waals surface area (Å²) in [6, 6.07) is 3.64. The van der Waals surface area contributed by atoms with Crippen LogP contribution in [0.2, 0.25) is 0 Å². The van der Waals surface area contributed by atoms with Crippen molar-refractivity contribution >= 4 is 0 Å². The van der Waals surface area contributed by atoms with Crippen LogP contribution in [0.4, 0.5) is 8.78 Å². The standard InChI is InChI=1S/C16H23F2NO2/c1-3-21-16(4-6-20-7-5-16)15(19-2)10-12-8-13(17)11-14(18)9-12/h8-9,11,15,19H,3-7,10H2,1-2H3. The van der Waals surface area contributed by atoms with E-state index in [-0.39, 0.29) is 11.6 Å². The molecule has 1 aromatic carbocycles. The van der Waals surface area contributed by atoms with Crippen LogP contribution in [0.15, 0.2) is 18.2 Å². The molecule has 0 saturated carbocycles. The second-order valence-electron chi connectivity index (χ2n) is 5.43. The molecule has 3 nitrogen and oxygen atoms in total. The van der Waals surface area contributed by atoms with Gasteiger partial charge in [0.15, 0.2) is 0 Å². The van der Waals surface area contributed by atoms with Crippen LogP contribution in [-0.4, -0.2) is 38.5 Å². The molecule has 1 atom stereocenters. The monoisotopic (exact) mass is 299 g/mol. The van der Waals surface area contributed by atoms with Crippen molar-refractivity contribution in [3.63, 3.8) is 0 Å². The van der Waals surface area contributed by atoms with Crippen LogP contribution >= 0.6 is 0 Å². The Morgan fingerprint density at radius 2 is 1.86 bits per heavy atom. The molecule has 0 radical (unpaired) electrons. The van der Waals surface area contributed by atoms with Gasteiger partial charge < -0.3 is 14.8 Å². The van der Waals surface area contributed by atoms with Crippen molar-refractivity contribution in [3.05, 3.63) is 35.4 Å². The van der Waals surface area contributed by atoms with E-state index >= 15 is 0 Å². The Labute approximate surface area is 124 Å². The molecule has 0 amide bonds. The van der Waals surface area contributed by atoms with Gasteiger partial charge in [-0.1, -0.05) is 0 Å². The van der Waals surface area contributed by atoms with E-state index in [9.17, 15) is 8.78 Å². The minimum atomic E-state index is -0.544. The van der Waals surface area contributed by atoms with Crippen LogP contribution in [0.1, 0.15) is 25.3 Å². The summed E-state index contributed by atoms with van der Waals surface area (Å²) in [5.41, 5.74) is 0.294. The lowest BCUT2D eigenvalue weighted by Gasteiger charge is -2.43. The van der Waals surface area contributed by atoms with E-state index in [1.807, 2.05) is 14.0 Å². The number of benzene rings is 1. The highest BCUT2D eigenvalue weighted by Crippen LogP contribution is 2.31. The number of likely N-dealkylation sites (N-methyl/N-ethyl adjacent to an activating group) is 1. The number of hydrogen-bond acceptors (Lipinski definition) is 3. The number of nitrogens with one attached hydrogen (secondary N) is 1. The van der Waals surface area contributed by atoms with E-state index in [0.29, 0.717) is 31.8 Å². The summed E-state index contributed by atoms with van der Waals surface area (Å²) in [7, 11) is 1.86. The molecule has 1 fully saturated rings. The van der Waals surface area contributed by atoms with Crippen molar-refractivity contribution < 1.29 is 18.3 Å². The van der Waals surface area contributed by atoms with E-state index in [1.165, 1.54) is 12.1 Å². The fraction of sp³-hybridized carbons (Fsp3) is 0.625. The van der Waals surface area contributed by atoms with E-state index < -0.39 is 11.6 Å². The summed E-state index contributed by atoms with van der Waals surface area (Å²) in [5.74, 6) is -1.09. The predicted octanol–water partition coefficient (Wildman–Crippen LogP) is 2.68. The van der Waals surface area contributed by atoms with E-state index in [1.54, 1.807) is 0 Å². The largest absolute Gasteiger partial charge is 0.381 e. The Kier molecular flexibility index (Phi) is 5.67. The molecular weight excluding hydrogens is 276 g/mol. The van der Waals surface area contributed by atoms with Gasteiger partial charge in [-0.25, -0.2) is 8.78 Å². The molecule has 1 aliphatic heterocycles. The molecular formula is C16H23F2NO2. The fourth-order valence-electron chi connectivity index (χ4n) is 3.11. The van der Waals surface area contributed by atoms with E-state index in [2.05, 4.69) is 5.32 Å². The zero-order valence-corrected chi connectivity index (χ0v) is 12.6. The van der Waals surface area contributed by atoms with Gasteiger partial charge in [-0.15, -0.1) is 0 Å². The summed E-state index contributed by atoms with van der Waals surface area (Å²) < 4.78 is 38.2. The molecule has 21 heavy (non-hydrogen) atoms. The minimum Gasteiger partial charge on any atom is -0.381 e. The third-order valence-electron chi connectivity index (χ3n) is 4.12. The predicted molar refractivity (Wildman–Crippen MR) is 77.3 cm³/mol. The van der Waals surface area contributed by atoms with Gasteiger partial charge in [-0.05, 0) is 38.1 Å². The maximum absolute atomic E-state index is 13.4. The van der Waals surface area contributed by atoms with Crippen molar-refractivity contribution in [3.8, 4) is 0 Å². The van der Waals surface area contributed by atoms with Crippen LogP contribution in [0, 0.1) is 11.6 Å². The smallest absolute Gasteiger partial charge is 0.126 e. The SMILES string of the molecule is CCOC1(C(Cc2cc(F)cc(F)c2)NC)CCOCC1. The molecule has 2 rings (SSSR count). The fourth-order valence-corrected chi connectivity index (χ4v) is 3.11. The van der Waals surface area contributed by atoms with Crippen LogP contribution in [-0.2, 0) is 15.9 Å². The van der Waals surface area contributed by atoms with Crippen molar-refractivity contribution in [2.75, 3.05) is 26.9 Å². The molecule has 1 heterocycles. The van der Waals surface area contributed by atoms with Crippen molar-refractivity contribution in [1.82, 2.24) is 5.32 Å². The Hall–Kier alpha value is -1.04. The molecule has 5 heteroatoms. The summed E-state index contributed by atoms with van der Waals surface area (Å²) in [4.78, 5) is 0. The molecule has 1 N–H and O–H groups in total. The van der Waals surface area contributed by atoms with Gasteiger partial charge in [-0.2, -0.15) is 0 Å². The summed E-state index contributed by atoms with van der Waals surface area (Å²) in [5, 5.41) is 3.26. The Balaban J connectivity index is 2.19. The molecule has 1 unspecified atom stereocenters. The first-order valence-corrected chi connectivity index (χ1v) is 7.43. The topological polar surface area (TPSA) is 30.5 Å². The third kappa shape index (κ3) is 3.99. The lowest BCUT2D eigenvalue weighted by Crippen LogP contribution is -2.55. The van der Waals surface area contributed by atoms with Crippen molar-refractivity contribution in [1.29, 1.82) is 0 Å². The molecule has 0 bridgehead atoms. The molecule has 1 saturated heterocycles. The first-order valence-electron chi connectivity index (χ1n) is 7.43. The van der Waals surface area contributed by atoms with Crippen LogP contribution < -0.4 is 5.32 Å². The number of rotatable bonds is 6. The van der Waals surface area contributed by atoms with Gasteiger partial charge in [0.25, 0.3) is 0 Å². The zero-order valence-electron chi connectivity index (χ0n) is 12.6. The first kappa shape index (κ1) is 16.3. The highest BCUT2D eigenvalue weighted by atomic mass is 19.1. The first-order chi connectivity index (χ1) is 10.1. The lowest BCUT2D eigenvalue weighted by molar-refractivity contribution is -0.125. The van der Waals surface area contributed by atoms with E-state index in [4.69, 9.17) is 9.47 Å². The van der Waals surface area contributed by atoms with E-state index in [0.717, 1.165) is 18.9 Å². The van der Waals surface area contributed by atoms with Gasteiger partial charge in [0.05, 0.1) is 5.60 Å². The lowest BCUT2D eigenvalue weighted by atomic mass is 9.82. The second kappa shape index (κ2) is 7.29. The molecule has 0 aliphatic carbocycles. The van der Waals surface area contributed by atoms with Crippen molar-refractivity contribution in [2.24, 2.45) is 0 Å². The van der Waals surface area contributed by atoms with Gasteiger partial charge >= 0.3 is 0 Å². The maximum Gasteiger partial charge on any atom is 0.126 e. The van der Waals surface area contributed by atoms with Gasteiger partial charge in [0.1, 0.15) is 11.6 Å². The van der Waals surface area contributed by atoms with Crippen LogP contribution in [0.5, 0.6) is 0 Å². The van der Waals surface area contributed by atoms with Gasteiger partial charge in [0.2, 0.25) is 0 Å². The average Bonchev–Trinajstić information content (AvgIpc) is 2.45. The third-order valence-corrected chi connectivity index (χ3v) is 4.12. The molecule has 1 aromatic rings. The zero-order chi connectivity index (χ0) is 15.3. The van der Waals surface area contributed by atoms with Crippen LogP contribution in [0.3, 0.4) is 0 Å². The Morgan fingerprint density at radius 1 is 1.24 bits per heavy atom. The highest BCUT2D eigenvalue weighted by molar-refractivity contribution is 5.20. The summed E-state index contributed by atoms with van der Waals surface area (Å²) in [6.45, 7) is 3.87. The Bertz CT molecular complexity index is 436. The average molecular weight is 299 g/mol. The molecule has 1 aliphatic rings.